The van der Waals surface area contributed by atoms with Gasteiger partial charge in [-0.1, -0.05) is 36.4 Å². The number of nitrogens with zero attached hydrogens (tertiary/aromatic N) is 1. The third-order valence-corrected chi connectivity index (χ3v) is 4.59. The molecular formula is C23H20N2O3. The monoisotopic (exact) mass is 372 g/mol. The van der Waals surface area contributed by atoms with Crippen LogP contribution in [0.4, 0.5) is 5.69 Å². The van der Waals surface area contributed by atoms with Crippen LogP contribution in [0.1, 0.15) is 27.0 Å². The fourth-order valence-corrected chi connectivity index (χ4v) is 3.37. The van der Waals surface area contributed by atoms with Gasteiger partial charge in [-0.25, -0.2) is 4.79 Å². The average Bonchev–Trinajstić information content (AvgIpc) is 2.96. The van der Waals surface area contributed by atoms with E-state index in [1.54, 1.807) is 18.2 Å². The first kappa shape index (κ1) is 17.8. The molecule has 1 N–H and O–H groups in total. The van der Waals surface area contributed by atoms with Crippen LogP contribution < -0.4 is 11.1 Å². The summed E-state index contributed by atoms with van der Waals surface area (Å²) >= 11 is 0. The van der Waals surface area contributed by atoms with Crippen LogP contribution in [0.15, 0.2) is 75.9 Å². The van der Waals surface area contributed by atoms with Gasteiger partial charge in [0.2, 0.25) is 0 Å². The van der Waals surface area contributed by atoms with Gasteiger partial charge in [0.05, 0.1) is 12.1 Å². The Morgan fingerprint density at radius 3 is 2.39 bits per heavy atom. The quantitative estimate of drug-likeness (QED) is 0.573. The lowest BCUT2D eigenvalue weighted by molar-refractivity contribution is 0.102. The summed E-state index contributed by atoms with van der Waals surface area (Å²) in [5, 5.41) is 2.92. The number of carbonyl (C=O) groups excluding carboxylic acids is 1. The molecule has 0 unspecified atom stereocenters. The molecule has 0 radical (unpaired) electrons. The molecule has 0 aliphatic carbocycles. The Bertz CT molecular complexity index is 1200. The van der Waals surface area contributed by atoms with Gasteiger partial charge >= 0.3 is 5.76 Å². The van der Waals surface area contributed by atoms with E-state index in [2.05, 4.69) is 11.4 Å². The number of benzene rings is 3. The van der Waals surface area contributed by atoms with Crippen LogP contribution in [0.3, 0.4) is 0 Å². The first-order chi connectivity index (χ1) is 13.5. The van der Waals surface area contributed by atoms with Gasteiger partial charge in [0, 0.05) is 11.3 Å². The Morgan fingerprint density at radius 1 is 0.964 bits per heavy atom. The summed E-state index contributed by atoms with van der Waals surface area (Å²) in [6.45, 7) is 4.36. The number of aromatic nitrogens is 1. The zero-order chi connectivity index (χ0) is 19.7. The van der Waals surface area contributed by atoms with E-state index in [1.165, 1.54) is 4.57 Å². The molecule has 0 aliphatic rings. The molecule has 0 saturated heterocycles. The number of anilines is 1. The normalized spacial score (nSPS) is 10.9. The van der Waals surface area contributed by atoms with E-state index < -0.39 is 5.76 Å². The molecule has 0 fully saturated rings. The largest absolute Gasteiger partial charge is 0.420 e. The maximum absolute atomic E-state index is 12.7. The summed E-state index contributed by atoms with van der Waals surface area (Å²) in [5.41, 5.74) is 5.42. The van der Waals surface area contributed by atoms with Crippen LogP contribution in [0.25, 0.3) is 11.1 Å². The number of fused-ring (bicyclic) bond motifs is 1. The van der Waals surface area contributed by atoms with Crippen molar-refractivity contribution in [3.05, 3.63) is 99.5 Å². The first-order valence-electron chi connectivity index (χ1n) is 9.06. The highest BCUT2D eigenvalue weighted by atomic mass is 16.4. The highest BCUT2D eigenvalue weighted by molar-refractivity contribution is 6.05. The standard InChI is InChI=1S/C23H20N2O3/c1-15-10-16(2)12-19(11-15)24-22(26)18-8-9-21-20(13-18)25(23(27)28-21)14-17-6-4-3-5-7-17/h3-13H,14H2,1-2H3,(H,24,26). The van der Waals surface area contributed by atoms with E-state index in [4.69, 9.17) is 4.42 Å². The number of amides is 1. The zero-order valence-electron chi connectivity index (χ0n) is 15.7. The smallest absolute Gasteiger partial charge is 0.408 e. The molecule has 4 aromatic rings. The lowest BCUT2D eigenvalue weighted by Crippen LogP contribution is -2.15. The number of hydrogen-bond acceptors (Lipinski definition) is 3. The maximum atomic E-state index is 12.7. The third kappa shape index (κ3) is 3.60. The third-order valence-electron chi connectivity index (χ3n) is 4.59. The Kier molecular flexibility index (Phi) is 4.57. The zero-order valence-corrected chi connectivity index (χ0v) is 15.7. The molecule has 3 aromatic carbocycles. The molecule has 28 heavy (non-hydrogen) atoms. The van der Waals surface area contributed by atoms with Gasteiger partial charge in [-0.3, -0.25) is 9.36 Å². The maximum Gasteiger partial charge on any atom is 0.420 e. The van der Waals surface area contributed by atoms with Gasteiger partial charge in [0.15, 0.2) is 5.58 Å². The molecule has 4 rings (SSSR count). The molecule has 0 bridgehead atoms. The van der Waals surface area contributed by atoms with Crippen molar-refractivity contribution in [3.8, 4) is 0 Å². The molecule has 0 atom stereocenters. The molecule has 0 saturated carbocycles. The lowest BCUT2D eigenvalue weighted by atomic mass is 10.1. The highest BCUT2D eigenvalue weighted by Crippen LogP contribution is 2.19. The summed E-state index contributed by atoms with van der Waals surface area (Å²) in [6.07, 6.45) is 0. The van der Waals surface area contributed by atoms with Crippen LogP contribution >= 0.6 is 0 Å². The number of nitrogens with one attached hydrogen (secondary N) is 1. The summed E-state index contributed by atoms with van der Waals surface area (Å²) in [6, 6.07) is 20.6. The summed E-state index contributed by atoms with van der Waals surface area (Å²) in [7, 11) is 0. The second-order valence-electron chi connectivity index (χ2n) is 6.95. The Labute approximate surface area is 162 Å². The average molecular weight is 372 g/mol. The van der Waals surface area contributed by atoms with Gasteiger partial charge in [0.25, 0.3) is 5.91 Å². The number of oxazole rings is 1. The molecule has 0 aliphatic heterocycles. The number of rotatable bonds is 4. The summed E-state index contributed by atoms with van der Waals surface area (Å²) in [4.78, 5) is 25.0. The molecule has 1 heterocycles. The number of carbonyl (C=O) groups is 1. The van der Waals surface area contributed by atoms with E-state index in [-0.39, 0.29) is 5.91 Å². The van der Waals surface area contributed by atoms with Gasteiger partial charge in [0.1, 0.15) is 0 Å². The van der Waals surface area contributed by atoms with Crippen molar-refractivity contribution < 1.29 is 9.21 Å². The molecule has 140 valence electrons. The first-order valence-corrected chi connectivity index (χ1v) is 9.06. The molecule has 5 nitrogen and oxygen atoms in total. The minimum atomic E-state index is -0.439. The Balaban J connectivity index is 1.67. The van der Waals surface area contributed by atoms with Gasteiger partial charge in [-0.05, 0) is 60.9 Å². The topological polar surface area (TPSA) is 64.2 Å². The second kappa shape index (κ2) is 7.19. The van der Waals surface area contributed by atoms with Crippen LogP contribution in [-0.2, 0) is 6.54 Å². The minimum Gasteiger partial charge on any atom is -0.408 e. The molecule has 5 heteroatoms. The van der Waals surface area contributed by atoms with E-state index in [0.717, 1.165) is 22.4 Å². The lowest BCUT2D eigenvalue weighted by Gasteiger charge is -2.08. The van der Waals surface area contributed by atoms with E-state index in [0.29, 0.717) is 23.2 Å². The number of hydrogen-bond donors (Lipinski definition) is 1. The Morgan fingerprint density at radius 2 is 1.68 bits per heavy atom. The highest BCUT2D eigenvalue weighted by Gasteiger charge is 2.14. The molecular weight excluding hydrogens is 352 g/mol. The van der Waals surface area contributed by atoms with Crippen LogP contribution in [-0.4, -0.2) is 10.5 Å². The molecule has 1 amide bonds. The van der Waals surface area contributed by atoms with Crippen molar-refractivity contribution in [1.82, 2.24) is 4.57 Å². The number of aryl methyl sites for hydroxylation is 2. The van der Waals surface area contributed by atoms with Gasteiger partial charge < -0.3 is 9.73 Å². The van der Waals surface area contributed by atoms with Crippen molar-refractivity contribution in [2.75, 3.05) is 5.32 Å². The SMILES string of the molecule is Cc1cc(C)cc(NC(=O)c2ccc3oc(=O)n(Cc4ccccc4)c3c2)c1. The van der Waals surface area contributed by atoms with E-state index in [1.807, 2.05) is 56.3 Å². The molecule has 1 aromatic heterocycles. The summed E-state index contributed by atoms with van der Waals surface area (Å²) in [5.74, 6) is -0.669. The Hall–Kier alpha value is -3.60. The van der Waals surface area contributed by atoms with Crippen LogP contribution in [0.2, 0.25) is 0 Å². The fourth-order valence-electron chi connectivity index (χ4n) is 3.37. The van der Waals surface area contributed by atoms with Gasteiger partial charge in [-0.15, -0.1) is 0 Å². The van der Waals surface area contributed by atoms with Crippen molar-refractivity contribution in [2.45, 2.75) is 20.4 Å². The van der Waals surface area contributed by atoms with Crippen LogP contribution in [0.5, 0.6) is 0 Å². The van der Waals surface area contributed by atoms with Gasteiger partial charge in [-0.2, -0.15) is 0 Å². The van der Waals surface area contributed by atoms with Crippen molar-refractivity contribution in [2.24, 2.45) is 0 Å². The molecule has 0 spiro atoms. The van der Waals surface area contributed by atoms with Crippen LogP contribution in [0, 0.1) is 13.8 Å². The van der Waals surface area contributed by atoms with Crippen molar-refractivity contribution in [3.63, 3.8) is 0 Å². The second-order valence-corrected chi connectivity index (χ2v) is 6.95. The van der Waals surface area contributed by atoms with Crippen molar-refractivity contribution in [1.29, 1.82) is 0 Å². The van der Waals surface area contributed by atoms with Crippen molar-refractivity contribution >= 4 is 22.7 Å². The predicted octanol–water partition coefficient (Wildman–Crippen LogP) is 4.51. The van der Waals surface area contributed by atoms with E-state index >= 15 is 0 Å². The fraction of sp³-hybridized carbons (Fsp3) is 0.130. The predicted molar refractivity (Wildman–Crippen MR) is 110 cm³/mol. The van der Waals surface area contributed by atoms with E-state index in [9.17, 15) is 9.59 Å². The summed E-state index contributed by atoms with van der Waals surface area (Å²) < 4.78 is 6.87. The minimum absolute atomic E-state index is 0.230.